The van der Waals surface area contributed by atoms with Crippen LogP contribution in [0.5, 0.6) is 5.75 Å². The standard InChI is InChI=1S/C18H18ClN5O/c1-25-14-8-4-11(5-9-14)15-10-16(12-2-6-13(19)7-3-12)24-18(21-15)22-17(20)23-24/h2-9,15-16H,10H2,1H3,(H3,20,21,22,23)/t15-,16-/m1/s1. The van der Waals surface area contributed by atoms with Gasteiger partial charge in [0, 0.05) is 5.02 Å². The first kappa shape index (κ1) is 15.8. The molecule has 4 rings (SSSR count). The molecule has 1 aromatic heterocycles. The highest BCUT2D eigenvalue weighted by atomic mass is 35.5. The first-order valence-electron chi connectivity index (χ1n) is 8.02. The molecule has 3 aromatic rings. The molecule has 0 amide bonds. The van der Waals surface area contributed by atoms with Gasteiger partial charge in [0.05, 0.1) is 19.2 Å². The number of fused-ring (bicyclic) bond motifs is 1. The van der Waals surface area contributed by atoms with Crippen LogP contribution in [0.25, 0.3) is 0 Å². The van der Waals surface area contributed by atoms with Gasteiger partial charge >= 0.3 is 0 Å². The molecule has 0 aliphatic carbocycles. The quantitative estimate of drug-likeness (QED) is 0.749. The zero-order valence-electron chi connectivity index (χ0n) is 13.7. The number of nitrogens with one attached hydrogen (secondary N) is 1. The van der Waals surface area contributed by atoms with Crippen LogP contribution in [-0.2, 0) is 0 Å². The van der Waals surface area contributed by atoms with E-state index in [1.54, 1.807) is 7.11 Å². The van der Waals surface area contributed by atoms with Gasteiger partial charge in [-0.25, -0.2) is 4.68 Å². The second-order valence-corrected chi connectivity index (χ2v) is 6.45. The molecule has 0 unspecified atom stereocenters. The predicted octanol–water partition coefficient (Wildman–Crippen LogP) is 3.67. The first-order valence-corrected chi connectivity index (χ1v) is 8.40. The predicted molar refractivity (Wildman–Crippen MR) is 98.0 cm³/mol. The molecule has 1 aliphatic heterocycles. The Balaban J connectivity index is 1.71. The van der Waals surface area contributed by atoms with Crippen molar-refractivity contribution < 1.29 is 4.74 Å². The molecule has 7 heteroatoms. The minimum atomic E-state index is 0.0328. The Morgan fingerprint density at radius 3 is 2.48 bits per heavy atom. The summed E-state index contributed by atoms with van der Waals surface area (Å²) in [6.45, 7) is 0. The lowest BCUT2D eigenvalue weighted by Crippen LogP contribution is -2.28. The Kier molecular flexibility index (Phi) is 3.97. The summed E-state index contributed by atoms with van der Waals surface area (Å²) in [5.41, 5.74) is 8.10. The molecule has 2 heterocycles. The van der Waals surface area contributed by atoms with Gasteiger partial charge in [-0.1, -0.05) is 35.9 Å². The van der Waals surface area contributed by atoms with Gasteiger partial charge in [0.2, 0.25) is 11.9 Å². The van der Waals surface area contributed by atoms with Gasteiger partial charge in [0.15, 0.2) is 0 Å². The number of nitrogen functional groups attached to an aromatic ring is 1. The molecule has 0 saturated heterocycles. The number of rotatable bonds is 3. The van der Waals surface area contributed by atoms with E-state index in [9.17, 15) is 0 Å². The Morgan fingerprint density at radius 1 is 1.12 bits per heavy atom. The van der Waals surface area contributed by atoms with Gasteiger partial charge < -0.3 is 15.8 Å². The summed E-state index contributed by atoms with van der Waals surface area (Å²) in [5.74, 6) is 1.77. The van der Waals surface area contributed by atoms with Crippen molar-refractivity contribution in [1.82, 2.24) is 14.8 Å². The summed E-state index contributed by atoms with van der Waals surface area (Å²) in [7, 11) is 1.66. The zero-order valence-corrected chi connectivity index (χ0v) is 14.4. The van der Waals surface area contributed by atoms with Crippen molar-refractivity contribution in [2.75, 3.05) is 18.2 Å². The minimum absolute atomic E-state index is 0.0328. The number of hydrogen-bond donors (Lipinski definition) is 2. The largest absolute Gasteiger partial charge is 0.497 e. The fraction of sp³-hybridized carbons (Fsp3) is 0.222. The zero-order chi connectivity index (χ0) is 17.4. The highest BCUT2D eigenvalue weighted by Gasteiger charge is 2.30. The second-order valence-electron chi connectivity index (χ2n) is 6.01. The molecule has 3 N–H and O–H groups in total. The third-order valence-electron chi connectivity index (χ3n) is 4.48. The molecule has 2 atom stereocenters. The van der Waals surface area contributed by atoms with Crippen molar-refractivity contribution in [1.29, 1.82) is 0 Å². The third kappa shape index (κ3) is 3.00. The second kappa shape index (κ2) is 6.29. The molecule has 6 nitrogen and oxygen atoms in total. The normalized spacial score (nSPS) is 19.1. The number of methoxy groups -OCH3 is 1. The maximum absolute atomic E-state index is 6.03. The van der Waals surface area contributed by atoms with Crippen LogP contribution < -0.4 is 15.8 Å². The van der Waals surface area contributed by atoms with E-state index in [4.69, 9.17) is 22.1 Å². The molecule has 25 heavy (non-hydrogen) atoms. The number of aromatic nitrogens is 3. The Hall–Kier alpha value is -2.73. The molecule has 0 fully saturated rings. The Morgan fingerprint density at radius 2 is 1.80 bits per heavy atom. The Bertz CT molecular complexity index is 875. The maximum atomic E-state index is 6.03. The number of anilines is 2. The van der Waals surface area contributed by atoms with Crippen LogP contribution in [0.1, 0.15) is 29.6 Å². The summed E-state index contributed by atoms with van der Waals surface area (Å²) >= 11 is 6.03. The number of nitrogens with two attached hydrogens (primary N) is 1. The Labute approximate surface area is 150 Å². The van der Waals surface area contributed by atoms with Crippen LogP contribution in [0.4, 0.5) is 11.9 Å². The number of nitrogens with zero attached hydrogens (tertiary/aromatic N) is 3. The summed E-state index contributed by atoms with van der Waals surface area (Å²) in [6, 6.07) is 16.0. The summed E-state index contributed by atoms with van der Waals surface area (Å²) in [5, 5.41) is 8.49. The molecular formula is C18H18ClN5O. The fourth-order valence-electron chi connectivity index (χ4n) is 3.21. The number of hydrogen-bond acceptors (Lipinski definition) is 5. The first-order chi connectivity index (χ1) is 12.1. The topological polar surface area (TPSA) is 78.0 Å². The number of halogens is 1. The van der Waals surface area contributed by atoms with E-state index in [2.05, 4.69) is 27.5 Å². The van der Waals surface area contributed by atoms with E-state index in [0.29, 0.717) is 11.0 Å². The monoisotopic (exact) mass is 355 g/mol. The lowest BCUT2D eigenvalue weighted by atomic mass is 9.93. The van der Waals surface area contributed by atoms with Gasteiger partial charge in [0.1, 0.15) is 5.75 Å². The van der Waals surface area contributed by atoms with Gasteiger partial charge in [-0.2, -0.15) is 4.98 Å². The van der Waals surface area contributed by atoms with E-state index in [0.717, 1.165) is 23.3 Å². The van der Waals surface area contributed by atoms with Gasteiger partial charge in [-0.15, -0.1) is 5.10 Å². The smallest absolute Gasteiger partial charge is 0.241 e. The van der Waals surface area contributed by atoms with E-state index < -0.39 is 0 Å². The van der Waals surface area contributed by atoms with E-state index >= 15 is 0 Å². The summed E-state index contributed by atoms with van der Waals surface area (Å²) in [6.07, 6.45) is 0.823. The summed E-state index contributed by atoms with van der Waals surface area (Å²) in [4.78, 5) is 4.32. The maximum Gasteiger partial charge on any atom is 0.241 e. The highest BCUT2D eigenvalue weighted by molar-refractivity contribution is 6.30. The van der Waals surface area contributed by atoms with Crippen molar-refractivity contribution in [2.24, 2.45) is 0 Å². The van der Waals surface area contributed by atoms with Crippen LogP contribution in [-0.4, -0.2) is 21.9 Å². The average molecular weight is 356 g/mol. The van der Waals surface area contributed by atoms with Crippen LogP contribution in [0.15, 0.2) is 48.5 Å². The van der Waals surface area contributed by atoms with Crippen molar-refractivity contribution >= 4 is 23.5 Å². The molecule has 128 valence electrons. The van der Waals surface area contributed by atoms with Gasteiger partial charge in [0.25, 0.3) is 0 Å². The van der Waals surface area contributed by atoms with Crippen LogP contribution in [0.2, 0.25) is 5.02 Å². The molecule has 0 radical (unpaired) electrons. The molecule has 0 spiro atoms. The van der Waals surface area contributed by atoms with Crippen molar-refractivity contribution in [3.63, 3.8) is 0 Å². The third-order valence-corrected chi connectivity index (χ3v) is 4.73. The van der Waals surface area contributed by atoms with Crippen molar-refractivity contribution in [3.8, 4) is 5.75 Å². The lowest BCUT2D eigenvalue weighted by molar-refractivity contribution is 0.413. The van der Waals surface area contributed by atoms with E-state index in [1.807, 2.05) is 41.1 Å². The van der Waals surface area contributed by atoms with Gasteiger partial charge in [-0.3, -0.25) is 0 Å². The average Bonchev–Trinajstić information content (AvgIpc) is 3.02. The number of benzene rings is 2. The molecule has 0 bridgehead atoms. The van der Waals surface area contributed by atoms with E-state index in [-0.39, 0.29) is 18.0 Å². The molecule has 0 saturated carbocycles. The highest BCUT2D eigenvalue weighted by Crippen LogP contribution is 2.38. The number of ether oxygens (including phenoxy) is 1. The SMILES string of the molecule is COc1ccc([C@H]2C[C@H](c3ccc(Cl)cc3)n3nc(N)nc3N2)cc1. The van der Waals surface area contributed by atoms with E-state index in [1.165, 1.54) is 0 Å². The minimum Gasteiger partial charge on any atom is -0.497 e. The summed E-state index contributed by atoms with van der Waals surface area (Å²) < 4.78 is 7.09. The van der Waals surface area contributed by atoms with Gasteiger partial charge in [-0.05, 0) is 41.8 Å². The van der Waals surface area contributed by atoms with Crippen molar-refractivity contribution in [3.05, 3.63) is 64.7 Å². The van der Waals surface area contributed by atoms with Crippen LogP contribution in [0.3, 0.4) is 0 Å². The molecular weight excluding hydrogens is 338 g/mol. The van der Waals surface area contributed by atoms with Crippen LogP contribution in [0, 0.1) is 0 Å². The fourth-order valence-corrected chi connectivity index (χ4v) is 3.34. The van der Waals surface area contributed by atoms with Crippen LogP contribution >= 0.6 is 11.6 Å². The lowest BCUT2D eigenvalue weighted by Gasteiger charge is -2.31. The molecule has 1 aliphatic rings. The van der Waals surface area contributed by atoms with Crippen molar-refractivity contribution in [2.45, 2.75) is 18.5 Å². The molecule has 2 aromatic carbocycles.